The van der Waals surface area contributed by atoms with Crippen LogP contribution >= 0.6 is 0 Å². The summed E-state index contributed by atoms with van der Waals surface area (Å²) >= 11 is 0. The highest BCUT2D eigenvalue weighted by molar-refractivity contribution is 6.00. The van der Waals surface area contributed by atoms with Crippen LogP contribution in [0.4, 0.5) is 0 Å². The minimum absolute atomic E-state index is 0.0507. The lowest BCUT2D eigenvalue weighted by atomic mass is 9.87. The van der Waals surface area contributed by atoms with E-state index in [-0.39, 0.29) is 106 Å². The van der Waals surface area contributed by atoms with Crippen molar-refractivity contribution in [3.05, 3.63) is 29.8 Å². The first-order valence-corrected chi connectivity index (χ1v) is 37.1. The van der Waals surface area contributed by atoms with Crippen LogP contribution in [0.15, 0.2) is 34.3 Å². The second kappa shape index (κ2) is 45.3. The Balaban J connectivity index is 2.38. The van der Waals surface area contributed by atoms with Gasteiger partial charge in [0.05, 0.1) is 30.6 Å². The van der Waals surface area contributed by atoms with Gasteiger partial charge in [-0.1, -0.05) is 67.5 Å². The van der Waals surface area contributed by atoms with E-state index < -0.39 is 223 Å². The number of esters is 1. The van der Waals surface area contributed by atoms with E-state index in [1.54, 1.807) is 20.8 Å². The van der Waals surface area contributed by atoms with Crippen molar-refractivity contribution in [3.63, 3.8) is 0 Å². The number of piperidine rings is 1. The van der Waals surface area contributed by atoms with Crippen molar-refractivity contribution in [2.45, 2.75) is 243 Å². The summed E-state index contributed by atoms with van der Waals surface area (Å²) in [6.45, 7) is 14.4. The van der Waals surface area contributed by atoms with Gasteiger partial charge in [-0.3, -0.25) is 72.3 Å². The number of hydrogen-bond acceptors (Lipinski definition) is 23. The maximum Gasteiger partial charge on any atom is 0.329 e. The van der Waals surface area contributed by atoms with Crippen molar-refractivity contribution in [3.8, 4) is 5.75 Å². The number of nitrogens with one attached hydrogen (secondary N) is 8. The van der Waals surface area contributed by atoms with Crippen LogP contribution in [0.1, 0.15) is 158 Å². The van der Waals surface area contributed by atoms with Crippen LogP contribution in [-0.2, 0) is 76.6 Å². The van der Waals surface area contributed by atoms with Crippen molar-refractivity contribution in [2.24, 2.45) is 85.6 Å². The molecular weight excluding hydrogens is 1450 g/mol. The number of carbonyl (C=O) groups is 14. The number of aliphatic hydroxyl groups is 4. The fraction of sp³-hybridized carbons (Fsp3) is 0.690. The fourth-order valence-electron chi connectivity index (χ4n) is 13.0. The third-order valence-corrected chi connectivity index (χ3v) is 19.5. The molecule has 1 aromatic rings. The molecule has 111 heavy (non-hydrogen) atoms. The molecule has 2 fully saturated rings. The molecule has 0 spiro atoms. The molecule has 0 aliphatic carbocycles. The number of amides is 13. The van der Waals surface area contributed by atoms with Crippen LogP contribution in [0, 0.1) is 35.5 Å². The molecule has 0 saturated carbocycles. The zero-order valence-corrected chi connectivity index (χ0v) is 65.2. The summed E-state index contributed by atoms with van der Waals surface area (Å²) in [7, 11) is 2.40. The number of primary amides is 3. The number of fused-ring (bicyclic) bond motifs is 1. The van der Waals surface area contributed by atoms with Gasteiger partial charge in [-0.15, -0.1) is 0 Å². The first kappa shape index (κ1) is 95.1. The van der Waals surface area contributed by atoms with Gasteiger partial charge in [0.25, 0.3) is 5.91 Å². The van der Waals surface area contributed by atoms with Gasteiger partial charge in [0.15, 0.2) is 18.0 Å². The molecule has 2 saturated heterocycles. The predicted molar refractivity (Wildman–Crippen MR) is 401 cm³/mol. The van der Waals surface area contributed by atoms with E-state index in [1.807, 2.05) is 13.8 Å². The molecule has 2 aliphatic rings. The van der Waals surface area contributed by atoms with Gasteiger partial charge in [0, 0.05) is 46.1 Å². The predicted octanol–water partition coefficient (Wildman–Crippen LogP) is -6.05. The zero-order valence-electron chi connectivity index (χ0n) is 65.2. The molecule has 13 amide bonds. The first-order valence-electron chi connectivity index (χ1n) is 37.1. The molecule has 9 unspecified atom stereocenters. The van der Waals surface area contributed by atoms with Crippen LogP contribution < -0.4 is 82.7 Å². The first-order chi connectivity index (χ1) is 51.8. The number of cyclic esters (lactones) is 1. The Hall–Kier alpha value is -10.1. The number of methoxy groups -OCH3 is 1. The Morgan fingerprint density at radius 3 is 1.79 bits per heavy atom. The van der Waals surface area contributed by atoms with E-state index in [2.05, 4.69) is 52.5 Å². The molecule has 20 atom stereocenters. The Bertz CT molecular complexity index is 3430. The topological polar surface area (TPSA) is 668 Å². The van der Waals surface area contributed by atoms with Gasteiger partial charge in [0.2, 0.25) is 70.9 Å². The zero-order chi connectivity index (χ0) is 84.2. The van der Waals surface area contributed by atoms with Crippen molar-refractivity contribution in [2.75, 3.05) is 33.8 Å². The number of guanidine groups is 2. The molecule has 2 aliphatic heterocycles. The summed E-state index contributed by atoms with van der Waals surface area (Å²) in [5.74, 6) is -21.7. The van der Waals surface area contributed by atoms with Crippen LogP contribution in [-0.4, -0.2) is 255 Å². The number of aromatic hydroxyl groups is 1. The lowest BCUT2D eigenvalue weighted by molar-refractivity contribution is -0.165. The number of likely N-dealkylation sites (N-methyl/N-ethyl adjacent to an activating group) is 1. The molecule has 40 heteroatoms. The molecule has 0 aromatic heterocycles. The van der Waals surface area contributed by atoms with Crippen LogP contribution in [0.2, 0.25) is 0 Å². The van der Waals surface area contributed by atoms with E-state index in [0.29, 0.717) is 6.42 Å². The maximum absolute atomic E-state index is 15.6. The van der Waals surface area contributed by atoms with Crippen LogP contribution in [0.5, 0.6) is 5.75 Å². The number of aliphatic imine (C=N–C) groups is 2. The summed E-state index contributed by atoms with van der Waals surface area (Å²) in [6, 6.07) is -13.0. The van der Waals surface area contributed by atoms with Gasteiger partial charge < -0.3 is 127 Å². The maximum atomic E-state index is 15.6. The SMILES string of the molecule is COC(c1ccc(O)cc1)C1NC(=O)[C@H](CCC(N)=O)N(C)C(=O)[C@H](CC(C)C)NC(=O)[C@@H](CCCN=C(N)N)NC(=O)C([C@@H](C)O)NC(=O)[C@H](NC(=O)C(NC(=O)[C@H](O)[C@H](O)[C@H](CCCN=C(N)N)NC(=O)[C@@H](CC(N)=O)NC(=O)C(C)C(O)C(C)CC(C)C)C(C)C(C)C(N)=O)[C@@H](C)OC(=O)[C@@H]2CCCCN2C1=O. The second-order valence-corrected chi connectivity index (χ2v) is 29.5. The molecule has 27 N–H and O–H groups in total. The highest BCUT2D eigenvalue weighted by Crippen LogP contribution is 2.30. The Morgan fingerprint density at radius 2 is 1.24 bits per heavy atom. The number of phenolic OH excluding ortho intramolecular Hbond substituents is 1. The van der Waals surface area contributed by atoms with Gasteiger partial charge >= 0.3 is 5.97 Å². The minimum atomic E-state index is -2.67. The molecule has 40 nitrogen and oxygen atoms in total. The number of phenols is 1. The number of carbonyl (C=O) groups excluding carboxylic acids is 14. The minimum Gasteiger partial charge on any atom is -0.508 e. The van der Waals surface area contributed by atoms with Crippen molar-refractivity contribution in [1.29, 1.82) is 0 Å². The van der Waals surface area contributed by atoms with E-state index in [9.17, 15) is 68.7 Å². The molecule has 2 heterocycles. The molecule has 3 rings (SSSR count). The number of nitrogens with zero attached hydrogens (tertiary/aromatic N) is 4. The Kier molecular flexibility index (Phi) is 38.8. The summed E-state index contributed by atoms with van der Waals surface area (Å²) in [6.07, 6.45) is -13.5. The summed E-state index contributed by atoms with van der Waals surface area (Å²) < 4.78 is 11.9. The van der Waals surface area contributed by atoms with Crippen molar-refractivity contribution in [1.82, 2.24) is 52.3 Å². The van der Waals surface area contributed by atoms with Crippen LogP contribution in [0.25, 0.3) is 0 Å². The lowest BCUT2D eigenvalue weighted by Gasteiger charge is -2.39. The molecule has 624 valence electrons. The molecule has 0 bridgehead atoms. The van der Waals surface area contributed by atoms with E-state index in [4.69, 9.17) is 49.6 Å². The van der Waals surface area contributed by atoms with E-state index in [0.717, 1.165) is 23.6 Å². The summed E-state index contributed by atoms with van der Waals surface area (Å²) in [5.41, 5.74) is 39.3. The fourth-order valence-corrected chi connectivity index (χ4v) is 13.0. The van der Waals surface area contributed by atoms with Crippen molar-refractivity contribution >= 4 is 94.7 Å². The quantitative estimate of drug-likeness (QED) is 0.0129. The third-order valence-electron chi connectivity index (χ3n) is 19.5. The average Bonchev–Trinajstić information content (AvgIpc) is 0.786. The number of ether oxygens (including phenoxy) is 2. The Morgan fingerprint density at radius 1 is 0.649 bits per heavy atom. The summed E-state index contributed by atoms with van der Waals surface area (Å²) in [5, 5.41) is 76.1. The van der Waals surface area contributed by atoms with Gasteiger partial charge in [0.1, 0.15) is 78.4 Å². The number of aliphatic hydroxyl groups excluding tert-OH is 4. The summed E-state index contributed by atoms with van der Waals surface area (Å²) in [4.78, 5) is 211. The lowest BCUT2D eigenvalue weighted by Crippen LogP contribution is -2.65. The average molecular weight is 1570 g/mol. The number of benzene rings is 1. The van der Waals surface area contributed by atoms with Gasteiger partial charge in [-0.05, 0) is 119 Å². The molecule has 0 radical (unpaired) electrons. The standard InChI is InChI=1S/C71H119N19O21/c1-32(2)29-34(5)54(95)37(8)59(99)83-44(31-49(73)94)61(101)81-42(17-15-26-79-70(75)76)55(96)56(97)66(106)85-50(35(6)36(7)58(74)98)63(103)87-52-39(10)111-69(109)47-19-13-14-28-90(47)68(108)53(57(110-12)40-20-22-41(92)23-21-40)88-62(102)46(24-25-48(72)93)89(11)67(107)45(30-33(3)4)84-60(100)43(18-16-27-80-71(77)78)82-64(104)51(38(9)91)86-65(52)105/h20-23,32-39,42-47,50-57,91-92,95-97H,13-19,24-31H2,1-12H3,(H2,72,93)(H2,73,94)(H2,74,98)(H,81,101)(H,82,104)(H,83,99)(H,84,100)(H,85,106)(H,86,105)(H,87,103)(H,88,102)(H4,75,76,79)(H4,77,78,80)/t34?,35?,36?,37?,38-,39-,42+,43-,44-,45+,46+,47+,50?,51?,52-,53?,54?,55-,56-,57?/m1/s1. The largest absolute Gasteiger partial charge is 0.508 e. The molecule has 1 aromatic carbocycles. The normalized spacial score (nSPS) is 23.2. The van der Waals surface area contributed by atoms with E-state index >= 15 is 24.0 Å². The number of hydrogen-bond donors (Lipinski definition) is 20. The highest BCUT2D eigenvalue weighted by atomic mass is 16.5. The van der Waals surface area contributed by atoms with E-state index in [1.165, 1.54) is 59.2 Å². The third kappa shape index (κ3) is 29.6. The smallest absolute Gasteiger partial charge is 0.329 e. The molecular formula is C71H119N19O21. The van der Waals surface area contributed by atoms with Gasteiger partial charge in [-0.25, -0.2) is 4.79 Å². The second-order valence-electron chi connectivity index (χ2n) is 29.5. The number of rotatable bonds is 36. The number of nitrogens with two attached hydrogens (primary N) is 7. The monoisotopic (exact) mass is 1570 g/mol. The Labute approximate surface area is 645 Å². The van der Waals surface area contributed by atoms with Crippen LogP contribution in [0.3, 0.4) is 0 Å². The highest BCUT2D eigenvalue weighted by Gasteiger charge is 2.47. The van der Waals surface area contributed by atoms with Gasteiger partial charge in [-0.2, -0.15) is 0 Å². The van der Waals surface area contributed by atoms with Crippen molar-refractivity contribution < 1.29 is 102 Å².